The Kier molecular flexibility index (Phi) is 5.12. The molecule has 22 heavy (non-hydrogen) atoms. The first-order chi connectivity index (χ1) is 10.7. The lowest BCUT2D eigenvalue weighted by molar-refractivity contribution is -0.138. The minimum Gasteiger partial charge on any atom is -0.342 e. The number of hydrogen-bond donors (Lipinski definition) is 0. The second kappa shape index (κ2) is 7.26. The van der Waals surface area contributed by atoms with Crippen LogP contribution in [-0.4, -0.2) is 28.9 Å². The molecule has 3 heteroatoms. The lowest BCUT2D eigenvalue weighted by Crippen LogP contribution is -2.43. The fourth-order valence-corrected chi connectivity index (χ4v) is 3.99. The molecule has 1 atom stereocenters. The van der Waals surface area contributed by atoms with E-state index in [4.69, 9.17) is 0 Å². The first kappa shape index (κ1) is 15.5. The summed E-state index contributed by atoms with van der Waals surface area (Å²) in [6.45, 7) is 3.94. The molecule has 2 fully saturated rings. The first-order valence-corrected chi connectivity index (χ1v) is 8.92. The summed E-state index contributed by atoms with van der Waals surface area (Å²) in [5, 5.41) is 0. The Bertz CT molecular complexity index is 491. The number of carbonyl (C=O) groups is 1. The number of pyridine rings is 1. The molecule has 1 aromatic heterocycles. The highest BCUT2D eigenvalue weighted by atomic mass is 16.2. The molecule has 0 bridgehead atoms. The van der Waals surface area contributed by atoms with Gasteiger partial charge in [0, 0.05) is 30.9 Å². The lowest BCUT2D eigenvalue weighted by Gasteiger charge is -2.36. The number of rotatable bonds is 3. The van der Waals surface area contributed by atoms with E-state index < -0.39 is 0 Å². The molecule has 0 aromatic carbocycles. The molecule has 0 N–H and O–H groups in total. The summed E-state index contributed by atoms with van der Waals surface area (Å²) in [5.41, 5.74) is 2.38. The second-order valence-corrected chi connectivity index (χ2v) is 7.14. The zero-order valence-corrected chi connectivity index (χ0v) is 13.8. The van der Waals surface area contributed by atoms with Gasteiger partial charge < -0.3 is 4.90 Å². The van der Waals surface area contributed by atoms with Gasteiger partial charge >= 0.3 is 0 Å². The number of hydrogen-bond acceptors (Lipinski definition) is 2. The van der Waals surface area contributed by atoms with Gasteiger partial charge in [0.1, 0.15) is 0 Å². The number of aromatic nitrogens is 1. The molecule has 0 unspecified atom stereocenters. The van der Waals surface area contributed by atoms with Crippen molar-refractivity contribution in [2.75, 3.05) is 13.1 Å². The number of nitrogens with zero attached hydrogens (tertiary/aromatic N) is 2. The molecule has 1 amide bonds. The summed E-state index contributed by atoms with van der Waals surface area (Å²) in [6.07, 6.45) is 11.5. The van der Waals surface area contributed by atoms with E-state index in [1.165, 1.54) is 31.2 Å². The van der Waals surface area contributed by atoms with E-state index in [2.05, 4.69) is 22.0 Å². The lowest BCUT2D eigenvalue weighted by atomic mass is 9.86. The highest BCUT2D eigenvalue weighted by Gasteiger charge is 2.29. The van der Waals surface area contributed by atoms with Crippen LogP contribution in [0.1, 0.15) is 56.2 Å². The van der Waals surface area contributed by atoms with Crippen molar-refractivity contribution >= 4 is 5.91 Å². The van der Waals surface area contributed by atoms with E-state index in [1.807, 2.05) is 13.1 Å². The monoisotopic (exact) mass is 300 g/mol. The van der Waals surface area contributed by atoms with Crippen LogP contribution in [-0.2, 0) is 11.2 Å². The minimum absolute atomic E-state index is 0.313. The molecule has 0 radical (unpaired) electrons. The van der Waals surface area contributed by atoms with Crippen molar-refractivity contribution in [2.24, 2.45) is 11.8 Å². The quantitative estimate of drug-likeness (QED) is 0.851. The minimum atomic E-state index is 0.313. The number of piperidine rings is 1. The topological polar surface area (TPSA) is 33.2 Å². The van der Waals surface area contributed by atoms with Gasteiger partial charge in [-0.1, -0.05) is 25.3 Å². The van der Waals surface area contributed by atoms with Crippen LogP contribution in [0.2, 0.25) is 0 Å². The number of amides is 1. The maximum absolute atomic E-state index is 12.7. The molecule has 3 nitrogen and oxygen atoms in total. The summed E-state index contributed by atoms with van der Waals surface area (Å²) in [6, 6.07) is 4.27. The molecule has 120 valence electrons. The van der Waals surface area contributed by atoms with Gasteiger partial charge in [-0.05, 0) is 56.6 Å². The number of aryl methyl sites for hydroxylation is 1. The molecule has 3 rings (SSSR count). The molecule has 1 saturated carbocycles. The maximum Gasteiger partial charge on any atom is 0.225 e. The molecule has 2 aliphatic rings. The highest BCUT2D eigenvalue weighted by molar-refractivity contribution is 5.79. The van der Waals surface area contributed by atoms with Gasteiger partial charge in [-0.15, -0.1) is 0 Å². The Morgan fingerprint density at radius 1 is 1.18 bits per heavy atom. The molecular weight excluding hydrogens is 272 g/mol. The fraction of sp³-hybridized carbons (Fsp3) is 0.684. The van der Waals surface area contributed by atoms with Crippen LogP contribution in [0, 0.1) is 18.8 Å². The van der Waals surface area contributed by atoms with Gasteiger partial charge in [0.25, 0.3) is 0 Å². The summed E-state index contributed by atoms with van der Waals surface area (Å²) in [4.78, 5) is 19.3. The van der Waals surface area contributed by atoms with Crippen LogP contribution < -0.4 is 0 Å². The smallest absolute Gasteiger partial charge is 0.225 e. The van der Waals surface area contributed by atoms with Crippen LogP contribution in [0.15, 0.2) is 18.3 Å². The van der Waals surface area contributed by atoms with Crippen LogP contribution in [0.3, 0.4) is 0 Å². The van der Waals surface area contributed by atoms with Crippen molar-refractivity contribution in [3.8, 4) is 0 Å². The van der Waals surface area contributed by atoms with Crippen LogP contribution in [0.5, 0.6) is 0 Å². The van der Waals surface area contributed by atoms with Gasteiger partial charge in [0.15, 0.2) is 0 Å². The Labute approximate surface area is 134 Å². The van der Waals surface area contributed by atoms with Gasteiger partial charge in [-0.3, -0.25) is 9.78 Å². The van der Waals surface area contributed by atoms with E-state index in [1.54, 1.807) is 0 Å². The predicted octanol–water partition coefficient (Wildman–Crippen LogP) is 3.75. The summed E-state index contributed by atoms with van der Waals surface area (Å²) < 4.78 is 0. The average Bonchev–Trinajstić information content (AvgIpc) is 2.57. The summed E-state index contributed by atoms with van der Waals surface area (Å²) >= 11 is 0. The largest absolute Gasteiger partial charge is 0.342 e. The van der Waals surface area contributed by atoms with E-state index in [0.29, 0.717) is 17.7 Å². The third-order valence-corrected chi connectivity index (χ3v) is 5.28. The maximum atomic E-state index is 12.7. The van der Waals surface area contributed by atoms with Gasteiger partial charge in [-0.25, -0.2) is 0 Å². The third-order valence-electron chi connectivity index (χ3n) is 5.28. The van der Waals surface area contributed by atoms with Crippen molar-refractivity contribution in [1.29, 1.82) is 0 Å². The second-order valence-electron chi connectivity index (χ2n) is 7.14. The molecule has 2 heterocycles. The summed E-state index contributed by atoms with van der Waals surface area (Å²) in [5.74, 6) is 1.35. The van der Waals surface area contributed by atoms with Gasteiger partial charge in [0.2, 0.25) is 5.91 Å². The van der Waals surface area contributed by atoms with Crippen LogP contribution in [0.4, 0.5) is 0 Å². The number of likely N-dealkylation sites (tertiary alicyclic amines) is 1. The highest BCUT2D eigenvalue weighted by Crippen LogP contribution is 2.28. The normalized spacial score (nSPS) is 23.5. The zero-order valence-electron chi connectivity index (χ0n) is 13.8. The number of carbonyl (C=O) groups excluding carboxylic acids is 1. The Hall–Kier alpha value is -1.38. The van der Waals surface area contributed by atoms with Crippen molar-refractivity contribution in [3.05, 3.63) is 29.6 Å². The van der Waals surface area contributed by atoms with Crippen molar-refractivity contribution in [1.82, 2.24) is 9.88 Å². The first-order valence-electron chi connectivity index (χ1n) is 8.92. The van der Waals surface area contributed by atoms with E-state index in [0.717, 1.165) is 44.5 Å². The van der Waals surface area contributed by atoms with Crippen molar-refractivity contribution < 1.29 is 4.79 Å². The molecule has 1 aromatic rings. The van der Waals surface area contributed by atoms with Crippen molar-refractivity contribution in [3.63, 3.8) is 0 Å². The Morgan fingerprint density at radius 3 is 2.73 bits per heavy atom. The Morgan fingerprint density at radius 2 is 2.00 bits per heavy atom. The van der Waals surface area contributed by atoms with E-state index >= 15 is 0 Å². The predicted molar refractivity (Wildman–Crippen MR) is 88.6 cm³/mol. The van der Waals surface area contributed by atoms with Gasteiger partial charge in [-0.2, -0.15) is 0 Å². The SMILES string of the molecule is Cc1ccc(C[C@@H]2CCCN(C(=O)C3CCCCC3)C2)cn1. The zero-order chi connectivity index (χ0) is 15.4. The molecule has 1 aliphatic heterocycles. The standard InChI is InChI=1S/C19H28N2O/c1-15-9-10-16(13-20-15)12-17-6-5-11-21(14-17)19(22)18-7-3-2-4-8-18/h9-10,13,17-18H,2-8,11-12,14H2,1H3/t17-/m0/s1. The molecule has 1 aliphatic carbocycles. The molecule has 0 spiro atoms. The third kappa shape index (κ3) is 3.88. The summed E-state index contributed by atoms with van der Waals surface area (Å²) in [7, 11) is 0. The van der Waals surface area contributed by atoms with Crippen LogP contribution in [0.25, 0.3) is 0 Å². The van der Waals surface area contributed by atoms with E-state index in [-0.39, 0.29) is 0 Å². The molecule has 1 saturated heterocycles. The molecular formula is C19H28N2O. The average molecular weight is 300 g/mol. The van der Waals surface area contributed by atoms with Crippen LogP contribution >= 0.6 is 0 Å². The fourth-order valence-electron chi connectivity index (χ4n) is 3.99. The van der Waals surface area contributed by atoms with Gasteiger partial charge in [0.05, 0.1) is 0 Å². The van der Waals surface area contributed by atoms with Crippen molar-refractivity contribution in [2.45, 2.75) is 58.3 Å². The van der Waals surface area contributed by atoms with E-state index in [9.17, 15) is 4.79 Å². The Balaban J connectivity index is 1.56.